The Hall–Kier alpha value is -2.36. The highest BCUT2D eigenvalue weighted by atomic mass is 16.2. The van der Waals surface area contributed by atoms with Gasteiger partial charge < -0.3 is 10.2 Å². The average Bonchev–Trinajstić information content (AvgIpc) is 2.53. The molecule has 0 fully saturated rings. The van der Waals surface area contributed by atoms with Crippen LogP contribution in [0, 0.1) is 5.92 Å². The Bertz CT molecular complexity index is 659. The Balaban J connectivity index is 2.16. The Morgan fingerprint density at radius 1 is 1.35 bits per heavy atom. The second kappa shape index (κ2) is 7.27. The number of carbonyl (C=O) groups excluding carboxylic acids is 2. The van der Waals surface area contributed by atoms with Crippen LogP contribution >= 0.6 is 0 Å². The lowest BCUT2D eigenvalue weighted by atomic mass is 9.97. The summed E-state index contributed by atoms with van der Waals surface area (Å²) in [5, 5.41) is 3.43. The van der Waals surface area contributed by atoms with Gasteiger partial charge in [-0.2, -0.15) is 0 Å². The molecular weight excluding hydrogens is 288 g/mol. The number of benzene rings is 1. The third-order valence-electron chi connectivity index (χ3n) is 3.99. The molecule has 1 N–H and O–H groups in total. The number of carbonyl (C=O) groups is 2. The van der Waals surface area contributed by atoms with Gasteiger partial charge in [0.05, 0.1) is 5.56 Å². The van der Waals surface area contributed by atoms with Gasteiger partial charge in [0.15, 0.2) is 6.29 Å². The van der Waals surface area contributed by atoms with Gasteiger partial charge in [-0.1, -0.05) is 38.1 Å². The number of amides is 1. The Morgan fingerprint density at radius 2 is 2.04 bits per heavy atom. The predicted molar refractivity (Wildman–Crippen MR) is 92.4 cm³/mol. The summed E-state index contributed by atoms with van der Waals surface area (Å²) < 4.78 is 0. The lowest BCUT2D eigenvalue weighted by Gasteiger charge is -2.27. The molecule has 0 aliphatic carbocycles. The summed E-state index contributed by atoms with van der Waals surface area (Å²) in [6.07, 6.45) is 4.96. The lowest BCUT2D eigenvalue weighted by molar-refractivity contribution is 0.0804. The van der Waals surface area contributed by atoms with Crippen LogP contribution in [-0.2, 0) is 0 Å². The highest BCUT2D eigenvalue weighted by Crippen LogP contribution is 2.17. The number of rotatable bonds is 5. The van der Waals surface area contributed by atoms with E-state index in [1.807, 2.05) is 6.92 Å². The molecule has 1 aliphatic heterocycles. The number of hydrogen-bond acceptors (Lipinski definition) is 3. The molecule has 1 aromatic rings. The van der Waals surface area contributed by atoms with Gasteiger partial charge in [-0.15, -0.1) is 0 Å². The van der Waals surface area contributed by atoms with Gasteiger partial charge in [0, 0.05) is 30.9 Å². The first-order valence-corrected chi connectivity index (χ1v) is 7.87. The summed E-state index contributed by atoms with van der Waals surface area (Å²) in [5.74, 6) is 0.338. The van der Waals surface area contributed by atoms with Gasteiger partial charge in [-0.25, -0.2) is 0 Å². The van der Waals surface area contributed by atoms with Gasteiger partial charge in [-0.3, -0.25) is 9.59 Å². The predicted octanol–water partition coefficient (Wildman–Crippen LogP) is 3.03. The summed E-state index contributed by atoms with van der Waals surface area (Å²) in [6.45, 7) is 6.89. The van der Waals surface area contributed by atoms with Crippen molar-refractivity contribution in [2.24, 2.45) is 5.92 Å². The molecular formula is C19H24N2O2. The van der Waals surface area contributed by atoms with Crippen molar-refractivity contribution >= 4 is 12.2 Å². The molecule has 2 rings (SSSR count). The summed E-state index contributed by atoms with van der Waals surface area (Å²) in [6, 6.07) is 7.17. The number of aldehydes is 1. The van der Waals surface area contributed by atoms with Crippen LogP contribution in [0.3, 0.4) is 0 Å². The maximum absolute atomic E-state index is 12.6. The fraction of sp³-hybridized carbons (Fsp3) is 0.368. The lowest BCUT2D eigenvalue weighted by Crippen LogP contribution is -2.36. The number of nitrogens with one attached hydrogen (secondary N) is 1. The molecule has 1 atom stereocenters. The van der Waals surface area contributed by atoms with E-state index in [0.29, 0.717) is 23.6 Å². The molecule has 0 bridgehead atoms. The number of likely N-dealkylation sites (N-methyl/N-ethyl adjacent to an activating group) is 1. The zero-order valence-corrected chi connectivity index (χ0v) is 14.2. The van der Waals surface area contributed by atoms with Crippen molar-refractivity contribution < 1.29 is 9.59 Å². The molecule has 1 aliphatic rings. The molecule has 0 radical (unpaired) electrons. The smallest absolute Gasteiger partial charge is 0.254 e. The van der Waals surface area contributed by atoms with Crippen molar-refractivity contribution in [2.75, 3.05) is 13.6 Å². The molecule has 122 valence electrons. The first-order chi connectivity index (χ1) is 10.9. The molecule has 0 aromatic heterocycles. The van der Waals surface area contributed by atoms with Crippen molar-refractivity contribution in [3.63, 3.8) is 0 Å². The molecule has 4 nitrogen and oxygen atoms in total. The Morgan fingerprint density at radius 3 is 2.70 bits per heavy atom. The minimum Gasteiger partial charge on any atom is -0.382 e. The van der Waals surface area contributed by atoms with Crippen LogP contribution in [0.5, 0.6) is 0 Å². The topological polar surface area (TPSA) is 49.4 Å². The molecule has 0 saturated heterocycles. The normalized spacial score (nSPS) is 17.2. The average molecular weight is 312 g/mol. The van der Waals surface area contributed by atoms with Crippen LogP contribution in [0.1, 0.15) is 41.5 Å². The van der Waals surface area contributed by atoms with E-state index in [1.54, 1.807) is 36.2 Å². The van der Waals surface area contributed by atoms with Crippen LogP contribution in [0.4, 0.5) is 0 Å². The van der Waals surface area contributed by atoms with Crippen LogP contribution in [0.2, 0.25) is 0 Å². The number of hydrogen-bond donors (Lipinski definition) is 1. The molecule has 1 heterocycles. The van der Waals surface area contributed by atoms with Gasteiger partial charge in [0.2, 0.25) is 0 Å². The minimum atomic E-state index is -0.140. The molecule has 23 heavy (non-hydrogen) atoms. The Labute approximate surface area is 137 Å². The standard InChI is InChI=1S/C19H24N2O2/c1-13(2)18-10-15(9-14(3)20-18)11-21(4)19(23)17-8-6-5-7-16(17)12-22/h5-10,12-13,18,20H,11H2,1-4H3. The van der Waals surface area contributed by atoms with Crippen molar-refractivity contribution in [1.82, 2.24) is 10.2 Å². The van der Waals surface area contributed by atoms with Gasteiger partial charge in [0.1, 0.15) is 0 Å². The minimum absolute atomic E-state index is 0.140. The number of dihydropyridines is 1. The van der Waals surface area contributed by atoms with Crippen LogP contribution in [-0.4, -0.2) is 36.7 Å². The fourth-order valence-corrected chi connectivity index (χ4v) is 2.71. The van der Waals surface area contributed by atoms with Gasteiger partial charge >= 0.3 is 0 Å². The van der Waals surface area contributed by atoms with Crippen molar-refractivity contribution in [2.45, 2.75) is 26.8 Å². The van der Waals surface area contributed by atoms with E-state index in [0.717, 1.165) is 17.6 Å². The van der Waals surface area contributed by atoms with Crippen LogP contribution in [0.15, 0.2) is 47.7 Å². The summed E-state index contributed by atoms with van der Waals surface area (Å²) in [4.78, 5) is 25.4. The summed E-state index contributed by atoms with van der Waals surface area (Å²) in [7, 11) is 1.76. The number of nitrogens with zero attached hydrogens (tertiary/aromatic N) is 1. The molecule has 1 aromatic carbocycles. The molecule has 0 spiro atoms. The van der Waals surface area contributed by atoms with E-state index in [2.05, 4.69) is 31.3 Å². The summed E-state index contributed by atoms with van der Waals surface area (Å²) >= 11 is 0. The Kier molecular flexibility index (Phi) is 5.37. The monoisotopic (exact) mass is 312 g/mol. The quantitative estimate of drug-likeness (QED) is 0.850. The first kappa shape index (κ1) is 17.0. The van der Waals surface area contributed by atoms with Crippen molar-refractivity contribution in [3.05, 3.63) is 58.8 Å². The highest BCUT2D eigenvalue weighted by Gasteiger charge is 2.19. The largest absolute Gasteiger partial charge is 0.382 e. The third-order valence-corrected chi connectivity index (χ3v) is 3.99. The third kappa shape index (κ3) is 4.09. The number of allylic oxidation sites excluding steroid dienone is 1. The maximum atomic E-state index is 12.6. The SMILES string of the molecule is CC1=CC(CN(C)C(=O)c2ccccc2C=O)=CC(C(C)C)N1. The molecule has 0 saturated carbocycles. The van der Waals surface area contributed by atoms with Crippen LogP contribution < -0.4 is 5.32 Å². The van der Waals surface area contributed by atoms with Crippen molar-refractivity contribution in [3.8, 4) is 0 Å². The van der Waals surface area contributed by atoms with E-state index in [9.17, 15) is 9.59 Å². The first-order valence-electron chi connectivity index (χ1n) is 7.87. The van der Waals surface area contributed by atoms with E-state index in [1.165, 1.54) is 0 Å². The maximum Gasteiger partial charge on any atom is 0.254 e. The highest BCUT2D eigenvalue weighted by molar-refractivity contribution is 6.01. The second-order valence-electron chi connectivity index (χ2n) is 6.35. The molecule has 1 unspecified atom stereocenters. The molecule has 4 heteroatoms. The second-order valence-corrected chi connectivity index (χ2v) is 6.35. The van der Waals surface area contributed by atoms with E-state index in [-0.39, 0.29) is 11.9 Å². The van der Waals surface area contributed by atoms with Gasteiger partial charge in [-0.05, 0) is 30.6 Å². The van der Waals surface area contributed by atoms with Crippen molar-refractivity contribution in [1.29, 1.82) is 0 Å². The zero-order chi connectivity index (χ0) is 17.0. The van der Waals surface area contributed by atoms with Crippen LogP contribution in [0.25, 0.3) is 0 Å². The van der Waals surface area contributed by atoms with Gasteiger partial charge in [0.25, 0.3) is 5.91 Å². The van der Waals surface area contributed by atoms with E-state index >= 15 is 0 Å². The zero-order valence-electron chi connectivity index (χ0n) is 14.2. The molecule has 1 amide bonds. The van der Waals surface area contributed by atoms with E-state index in [4.69, 9.17) is 0 Å². The fourth-order valence-electron chi connectivity index (χ4n) is 2.71. The van der Waals surface area contributed by atoms with E-state index < -0.39 is 0 Å². The summed E-state index contributed by atoms with van der Waals surface area (Å²) in [5.41, 5.74) is 3.09.